The minimum Gasteiger partial charge on any atom is -0.353 e. The topological polar surface area (TPSA) is 49.4 Å². The van der Waals surface area contributed by atoms with Crippen molar-refractivity contribution in [1.29, 1.82) is 0 Å². The minimum absolute atomic E-state index is 0.0367. The van der Waals surface area contributed by atoms with Gasteiger partial charge in [0.2, 0.25) is 5.91 Å². The van der Waals surface area contributed by atoms with E-state index in [0.717, 1.165) is 41.7 Å². The Balaban J connectivity index is 1.34. The van der Waals surface area contributed by atoms with Crippen molar-refractivity contribution < 1.29 is 9.59 Å². The number of nitrogens with one attached hydrogen (secondary N) is 1. The number of fused-ring (bicyclic) bond motifs is 1. The highest BCUT2D eigenvalue weighted by Crippen LogP contribution is 2.44. The predicted molar refractivity (Wildman–Crippen MR) is 161 cm³/mol. The Kier molecular flexibility index (Phi) is 8.88. The van der Waals surface area contributed by atoms with E-state index in [-0.39, 0.29) is 35.1 Å². The zero-order chi connectivity index (χ0) is 27.2. The molecule has 2 amide bonds. The van der Waals surface area contributed by atoms with E-state index >= 15 is 0 Å². The number of rotatable bonds is 8. The Hall–Kier alpha value is -3.31. The number of benzene rings is 3. The molecule has 3 aromatic carbocycles. The van der Waals surface area contributed by atoms with Crippen molar-refractivity contribution in [3.63, 3.8) is 0 Å². The molecule has 1 N–H and O–H groups in total. The fraction of sp³-hybridized carbons (Fsp3) is 0.353. The van der Waals surface area contributed by atoms with Gasteiger partial charge in [0, 0.05) is 29.8 Å². The summed E-state index contributed by atoms with van der Waals surface area (Å²) >= 11 is 1.71. The molecule has 1 aliphatic carbocycles. The van der Waals surface area contributed by atoms with Crippen molar-refractivity contribution >= 4 is 29.7 Å². The molecule has 4 atom stereocenters. The molecule has 5 rings (SSSR count). The van der Waals surface area contributed by atoms with Crippen LogP contribution >= 0.6 is 11.8 Å². The van der Waals surface area contributed by atoms with E-state index in [0.29, 0.717) is 13.0 Å². The Labute approximate surface area is 236 Å². The van der Waals surface area contributed by atoms with Crippen LogP contribution in [0.4, 0.5) is 0 Å². The van der Waals surface area contributed by atoms with Gasteiger partial charge in [0.15, 0.2) is 0 Å². The summed E-state index contributed by atoms with van der Waals surface area (Å²) in [5.74, 6) is 0.127. The number of carbonyl (C=O) groups is 2. The maximum atomic E-state index is 13.9. The standard InChI is InChI=1S/C34H38N2O2S/c1-3-29(20-25-12-6-4-7-13-25)35-33(37)28-17-18-31-30(22-28)36(23-27-16-10-11-24(2)19-27)34(38)32(39-31)21-26-14-8-5-9-15-26/h4-16,19,21,28-31H,3,17-18,20,22-23H2,1-2H3,(H,35,37)/b32-21-. The van der Waals surface area contributed by atoms with Crippen LogP contribution in [0.1, 0.15) is 54.9 Å². The molecule has 1 saturated heterocycles. The van der Waals surface area contributed by atoms with Crippen LogP contribution in [0.2, 0.25) is 0 Å². The number of nitrogens with zero attached hydrogens (tertiary/aromatic N) is 1. The first-order valence-electron chi connectivity index (χ1n) is 14.1. The summed E-state index contributed by atoms with van der Waals surface area (Å²) < 4.78 is 0. The van der Waals surface area contributed by atoms with Crippen LogP contribution in [0, 0.1) is 12.8 Å². The lowest BCUT2D eigenvalue weighted by Gasteiger charge is -2.46. The zero-order valence-electron chi connectivity index (χ0n) is 22.9. The normalized spacial score (nSPS) is 22.8. The largest absolute Gasteiger partial charge is 0.353 e. The van der Waals surface area contributed by atoms with E-state index in [2.05, 4.69) is 55.6 Å². The Morgan fingerprint density at radius 1 is 1.00 bits per heavy atom. The van der Waals surface area contributed by atoms with Crippen LogP contribution in [0.5, 0.6) is 0 Å². The summed E-state index contributed by atoms with van der Waals surface area (Å²) in [7, 11) is 0. The van der Waals surface area contributed by atoms with Crippen LogP contribution < -0.4 is 5.32 Å². The molecule has 0 aromatic heterocycles. The highest BCUT2D eigenvalue weighted by Gasteiger charge is 2.44. The van der Waals surface area contributed by atoms with E-state index in [1.54, 1.807) is 11.8 Å². The van der Waals surface area contributed by atoms with Crippen molar-refractivity contribution in [3.05, 3.63) is 112 Å². The van der Waals surface area contributed by atoms with Crippen molar-refractivity contribution in [2.45, 2.75) is 69.8 Å². The molecular formula is C34H38N2O2S. The van der Waals surface area contributed by atoms with Crippen LogP contribution in [0.3, 0.4) is 0 Å². The summed E-state index contributed by atoms with van der Waals surface area (Å²) in [6, 6.07) is 29.0. The Bertz CT molecular complexity index is 1310. The number of aryl methyl sites for hydroxylation is 1. The summed E-state index contributed by atoms with van der Waals surface area (Å²) in [5.41, 5.74) is 4.60. The SMILES string of the molecule is CCC(Cc1ccccc1)NC(=O)C1CCC2S/C(=C\c3ccccc3)C(=O)N(Cc3cccc(C)c3)C2C1. The monoisotopic (exact) mass is 538 g/mol. The first kappa shape index (κ1) is 27.3. The maximum Gasteiger partial charge on any atom is 0.260 e. The van der Waals surface area contributed by atoms with Crippen LogP contribution in [0.25, 0.3) is 6.08 Å². The van der Waals surface area contributed by atoms with Crippen molar-refractivity contribution in [2.24, 2.45) is 5.92 Å². The Morgan fingerprint density at radius 2 is 1.72 bits per heavy atom. The molecule has 3 aromatic rings. The summed E-state index contributed by atoms with van der Waals surface area (Å²) in [5, 5.41) is 3.63. The number of carbonyl (C=O) groups excluding carboxylic acids is 2. The van der Waals surface area contributed by atoms with Crippen molar-refractivity contribution in [3.8, 4) is 0 Å². The van der Waals surface area contributed by atoms with Gasteiger partial charge in [0.1, 0.15) is 0 Å². The lowest BCUT2D eigenvalue weighted by atomic mass is 9.83. The fourth-order valence-electron chi connectivity index (χ4n) is 5.84. The van der Waals surface area contributed by atoms with Gasteiger partial charge in [-0.2, -0.15) is 0 Å². The maximum absolute atomic E-state index is 13.9. The zero-order valence-corrected chi connectivity index (χ0v) is 23.7. The summed E-state index contributed by atoms with van der Waals surface area (Å²) in [6.07, 6.45) is 6.24. The van der Waals surface area contributed by atoms with Crippen LogP contribution in [-0.4, -0.2) is 34.0 Å². The third kappa shape index (κ3) is 6.83. The second kappa shape index (κ2) is 12.7. The fourth-order valence-corrected chi connectivity index (χ4v) is 7.25. The first-order valence-corrected chi connectivity index (χ1v) is 15.0. The molecule has 0 bridgehead atoms. The minimum atomic E-state index is -0.0795. The molecule has 2 fully saturated rings. The van der Waals surface area contributed by atoms with Crippen LogP contribution in [-0.2, 0) is 22.6 Å². The van der Waals surface area contributed by atoms with Crippen molar-refractivity contribution in [2.75, 3.05) is 0 Å². The van der Waals surface area contributed by atoms with Gasteiger partial charge < -0.3 is 10.2 Å². The Morgan fingerprint density at radius 3 is 2.44 bits per heavy atom. The molecular weight excluding hydrogens is 500 g/mol. The molecule has 4 nitrogen and oxygen atoms in total. The van der Waals surface area contributed by atoms with Gasteiger partial charge in [-0.25, -0.2) is 0 Å². The van der Waals surface area contributed by atoms with E-state index in [1.165, 1.54) is 11.1 Å². The van der Waals surface area contributed by atoms with E-state index in [9.17, 15) is 9.59 Å². The molecule has 202 valence electrons. The number of hydrogen-bond donors (Lipinski definition) is 1. The molecule has 39 heavy (non-hydrogen) atoms. The predicted octanol–water partition coefficient (Wildman–Crippen LogP) is 6.79. The summed E-state index contributed by atoms with van der Waals surface area (Å²) in [6.45, 7) is 4.78. The van der Waals surface area contributed by atoms with Gasteiger partial charge in [-0.15, -0.1) is 11.8 Å². The molecule has 2 aliphatic rings. The molecule has 0 radical (unpaired) electrons. The number of amides is 2. The first-order chi connectivity index (χ1) is 19.0. The smallest absolute Gasteiger partial charge is 0.260 e. The number of hydrogen-bond acceptors (Lipinski definition) is 3. The second-order valence-electron chi connectivity index (χ2n) is 10.9. The van der Waals surface area contributed by atoms with E-state index in [4.69, 9.17) is 0 Å². The van der Waals surface area contributed by atoms with Gasteiger partial charge in [-0.05, 0) is 61.8 Å². The van der Waals surface area contributed by atoms with Crippen molar-refractivity contribution in [1.82, 2.24) is 10.2 Å². The third-order valence-corrected chi connectivity index (χ3v) is 9.37. The summed E-state index contributed by atoms with van der Waals surface area (Å²) in [4.78, 5) is 30.3. The highest BCUT2D eigenvalue weighted by atomic mass is 32.2. The molecule has 1 aliphatic heterocycles. The van der Waals surface area contributed by atoms with Gasteiger partial charge in [0.05, 0.1) is 4.91 Å². The van der Waals surface area contributed by atoms with E-state index < -0.39 is 0 Å². The van der Waals surface area contributed by atoms with Gasteiger partial charge in [0.25, 0.3) is 5.91 Å². The molecule has 1 saturated carbocycles. The molecule has 0 spiro atoms. The highest BCUT2D eigenvalue weighted by molar-refractivity contribution is 8.04. The lowest BCUT2D eigenvalue weighted by Crippen LogP contribution is -2.54. The van der Waals surface area contributed by atoms with Gasteiger partial charge >= 0.3 is 0 Å². The van der Waals surface area contributed by atoms with Gasteiger partial charge in [-0.1, -0.05) is 97.4 Å². The lowest BCUT2D eigenvalue weighted by molar-refractivity contribution is -0.134. The second-order valence-corrected chi connectivity index (χ2v) is 12.2. The average molecular weight is 539 g/mol. The third-order valence-electron chi connectivity index (χ3n) is 7.97. The average Bonchev–Trinajstić information content (AvgIpc) is 2.96. The van der Waals surface area contributed by atoms with E-state index in [1.807, 2.05) is 59.5 Å². The number of thioether (sulfide) groups is 1. The molecule has 4 unspecified atom stereocenters. The molecule has 1 heterocycles. The molecule has 5 heteroatoms. The van der Waals surface area contributed by atoms with Gasteiger partial charge in [-0.3, -0.25) is 9.59 Å². The van der Waals surface area contributed by atoms with Crippen LogP contribution in [0.15, 0.2) is 89.8 Å². The quantitative estimate of drug-likeness (QED) is 0.322.